The summed E-state index contributed by atoms with van der Waals surface area (Å²) in [4.78, 5) is 12.5. The molecule has 0 atom stereocenters. The quantitative estimate of drug-likeness (QED) is 0.556. The first-order valence-electron chi connectivity index (χ1n) is 9.33. The molecule has 0 heterocycles. The Morgan fingerprint density at radius 1 is 0.815 bits per heavy atom. The molecule has 27 heavy (non-hydrogen) atoms. The summed E-state index contributed by atoms with van der Waals surface area (Å²) in [7, 11) is 0. The Labute approximate surface area is 160 Å². The van der Waals surface area contributed by atoms with E-state index in [9.17, 15) is 9.18 Å². The Hall–Kier alpha value is -2.94. The minimum atomic E-state index is -0.222. The zero-order valence-corrected chi connectivity index (χ0v) is 15.3. The van der Waals surface area contributed by atoms with Gasteiger partial charge in [-0.1, -0.05) is 72.8 Å². The highest BCUT2D eigenvalue weighted by Crippen LogP contribution is 2.27. The highest BCUT2D eigenvalue weighted by atomic mass is 19.1. The van der Waals surface area contributed by atoms with Crippen LogP contribution in [0.3, 0.4) is 0 Å². The van der Waals surface area contributed by atoms with Crippen molar-refractivity contribution in [2.75, 3.05) is 6.54 Å². The summed E-state index contributed by atoms with van der Waals surface area (Å²) in [5, 5.41) is 3.02. The summed E-state index contributed by atoms with van der Waals surface area (Å²) >= 11 is 0. The van der Waals surface area contributed by atoms with Crippen molar-refractivity contribution in [3.63, 3.8) is 0 Å². The first-order chi connectivity index (χ1) is 13.2. The van der Waals surface area contributed by atoms with Gasteiger partial charge in [-0.3, -0.25) is 4.79 Å². The monoisotopic (exact) mass is 361 g/mol. The predicted octanol–water partition coefficient (Wildman–Crippen LogP) is 5.10. The molecule has 3 rings (SSSR count). The molecular weight excluding hydrogens is 337 g/mol. The maximum Gasteiger partial charge on any atom is 0.220 e. The number of amides is 1. The van der Waals surface area contributed by atoms with E-state index in [4.69, 9.17) is 0 Å². The zero-order valence-electron chi connectivity index (χ0n) is 15.3. The minimum Gasteiger partial charge on any atom is -0.356 e. The number of carbonyl (C=O) groups excluding carboxylic acids is 1. The highest BCUT2D eigenvalue weighted by molar-refractivity contribution is 5.77. The molecule has 0 unspecified atom stereocenters. The Morgan fingerprint density at radius 2 is 1.37 bits per heavy atom. The van der Waals surface area contributed by atoms with Crippen LogP contribution >= 0.6 is 0 Å². The van der Waals surface area contributed by atoms with Gasteiger partial charge in [-0.05, 0) is 41.7 Å². The van der Waals surface area contributed by atoms with Gasteiger partial charge < -0.3 is 5.32 Å². The molecule has 0 aliphatic rings. The van der Waals surface area contributed by atoms with Crippen molar-refractivity contribution in [2.45, 2.75) is 25.2 Å². The van der Waals surface area contributed by atoms with E-state index >= 15 is 0 Å². The van der Waals surface area contributed by atoms with Crippen molar-refractivity contribution in [2.24, 2.45) is 0 Å². The standard InChI is InChI=1S/C24H24FNO/c25-22-15-13-19(14-16-22)8-7-17-26-24(27)18-23(20-9-3-1-4-10-20)21-11-5-2-6-12-21/h1-6,9-16,23H,7-8,17-18H2,(H,26,27). The fraction of sp³-hybridized carbons (Fsp3) is 0.208. The van der Waals surface area contributed by atoms with Crippen molar-refractivity contribution in [3.8, 4) is 0 Å². The van der Waals surface area contributed by atoms with E-state index < -0.39 is 0 Å². The molecule has 0 aliphatic heterocycles. The summed E-state index contributed by atoms with van der Waals surface area (Å²) in [6, 6.07) is 26.8. The highest BCUT2D eigenvalue weighted by Gasteiger charge is 2.17. The van der Waals surface area contributed by atoms with E-state index in [-0.39, 0.29) is 17.6 Å². The normalized spacial score (nSPS) is 10.7. The second kappa shape index (κ2) is 9.67. The second-order valence-corrected chi connectivity index (χ2v) is 6.66. The van der Waals surface area contributed by atoms with Gasteiger partial charge in [0.2, 0.25) is 5.91 Å². The second-order valence-electron chi connectivity index (χ2n) is 6.66. The summed E-state index contributed by atoms with van der Waals surface area (Å²) in [5.41, 5.74) is 3.37. The first-order valence-corrected chi connectivity index (χ1v) is 9.33. The number of halogens is 1. The lowest BCUT2D eigenvalue weighted by atomic mass is 9.88. The van der Waals surface area contributed by atoms with Crippen LogP contribution in [0.2, 0.25) is 0 Å². The maximum absolute atomic E-state index is 12.9. The zero-order chi connectivity index (χ0) is 18.9. The van der Waals surface area contributed by atoms with Gasteiger partial charge in [0.25, 0.3) is 0 Å². The van der Waals surface area contributed by atoms with Gasteiger partial charge in [-0.15, -0.1) is 0 Å². The smallest absolute Gasteiger partial charge is 0.220 e. The van der Waals surface area contributed by atoms with E-state index in [1.165, 1.54) is 12.1 Å². The number of carbonyl (C=O) groups is 1. The topological polar surface area (TPSA) is 29.1 Å². The van der Waals surface area contributed by atoms with Crippen LogP contribution in [0.4, 0.5) is 4.39 Å². The van der Waals surface area contributed by atoms with Gasteiger partial charge in [-0.2, -0.15) is 0 Å². The molecule has 0 aliphatic carbocycles. The molecule has 1 amide bonds. The SMILES string of the molecule is O=C(CC(c1ccccc1)c1ccccc1)NCCCc1ccc(F)cc1. The van der Waals surface area contributed by atoms with Crippen LogP contribution in [0, 0.1) is 5.82 Å². The molecule has 0 fully saturated rings. The van der Waals surface area contributed by atoms with Crippen molar-refractivity contribution < 1.29 is 9.18 Å². The Kier molecular flexibility index (Phi) is 6.75. The molecule has 0 radical (unpaired) electrons. The van der Waals surface area contributed by atoms with Crippen molar-refractivity contribution in [1.82, 2.24) is 5.32 Å². The van der Waals surface area contributed by atoms with E-state index in [0.29, 0.717) is 13.0 Å². The third-order valence-electron chi connectivity index (χ3n) is 4.67. The molecule has 0 saturated carbocycles. The van der Waals surface area contributed by atoms with Crippen LogP contribution in [0.5, 0.6) is 0 Å². The van der Waals surface area contributed by atoms with E-state index in [0.717, 1.165) is 29.5 Å². The number of rotatable bonds is 8. The van der Waals surface area contributed by atoms with Crippen molar-refractivity contribution in [1.29, 1.82) is 0 Å². The minimum absolute atomic E-state index is 0.0458. The number of aryl methyl sites for hydroxylation is 1. The summed E-state index contributed by atoms with van der Waals surface area (Å²) in [6.07, 6.45) is 2.07. The average molecular weight is 361 g/mol. The van der Waals surface area contributed by atoms with Crippen LogP contribution in [0.25, 0.3) is 0 Å². The van der Waals surface area contributed by atoms with E-state index in [2.05, 4.69) is 29.6 Å². The summed E-state index contributed by atoms with van der Waals surface area (Å²) in [5.74, 6) is -0.128. The summed E-state index contributed by atoms with van der Waals surface area (Å²) < 4.78 is 12.9. The fourth-order valence-corrected chi connectivity index (χ4v) is 3.23. The molecule has 138 valence electrons. The van der Waals surface area contributed by atoms with Gasteiger partial charge in [0, 0.05) is 18.9 Å². The van der Waals surface area contributed by atoms with Crippen molar-refractivity contribution in [3.05, 3.63) is 107 Å². The molecule has 3 aromatic rings. The van der Waals surface area contributed by atoms with E-state index in [1.807, 2.05) is 36.4 Å². The fourth-order valence-electron chi connectivity index (χ4n) is 3.23. The van der Waals surface area contributed by atoms with Crippen LogP contribution in [0.15, 0.2) is 84.9 Å². The predicted molar refractivity (Wildman–Crippen MR) is 107 cm³/mol. The molecule has 3 heteroatoms. The van der Waals surface area contributed by atoms with E-state index in [1.54, 1.807) is 12.1 Å². The summed E-state index contributed by atoms with van der Waals surface area (Å²) in [6.45, 7) is 0.618. The molecular formula is C24H24FNO. The lowest BCUT2D eigenvalue weighted by molar-refractivity contribution is -0.121. The maximum atomic E-state index is 12.9. The molecule has 0 bridgehead atoms. The van der Waals surface area contributed by atoms with Gasteiger partial charge in [0.15, 0.2) is 0 Å². The third kappa shape index (κ3) is 5.78. The van der Waals surface area contributed by atoms with Crippen LogP contribution < -0.4 is 5.32 Å². The van der Waals surface area contributed by atoms with Crippen LogP contribution in [-0.2, 0) is 11.2 Å². The lowest BCUT2D eigenvalue weighted by Crippen LogP contribution is -2.26. The number of hydrogen-bond donors (Lipinski definition) is 1. The van der Waals surface area contributed by atoms with Gasteiger partial charge in [0.1, 0.15) is 5.82 Å². The Bertz CT molecular complexity index is 792. The molecule has 0 saturated heterocycles. The lowest BCUT2D eigenvalue weighted by Gasteiger charge is -2.18. The number of benzene rings is 3. The van der Waals surface area contributed by atoms with Gasteiger partial charge in [-0.25, -0.2) is 4.39 Å². The third-order valence-corrected chi connectivity index (χ3v) is 4.67. The first kappa shape index (κ1) is 18.8. The molecule has 0 spiro atoms. The average Bonchev–Trinajstić information content (AvgIpc) is 2.72. The molecule has 2 nitrogen and oxygen atoms in total. The Morgan fingerprint density at radius 3 is 1.93 bits per heavy atom. The van der Waals surface area contributed by atoms with Crippen LogP contribution in [0.1, 0.15) is 35.4 Å². The number of hydrogen-bond acceptors (Lipinski definition) is 1. The molecule has 1 N–H and O–H groups in total. The van der Waals surface area contributed by atoms with Gasteiger partial charge in [0.05, 0.1) is 0 Å². The molecule has 0 aromatic heterocycles. The number of nitrogens with one attached hydrogen (secondary N) is 1. The Balaban J connectivity index is 1.54. The van der Waals surface area contributed by atoms with Gasteiger partial charge >= 0.3 is 0 Å². The largest absolute Gasteiger partial charge is 0.356 e. The van der Waals surface area contributed by atoms with Crippen molar-refractivity contribution >= 4 is 5.91 Å². The van der Waals surface area contributed by atoms with Crippen LogP contribution in [-0.4, -0.2) is 12.5 Å². The molecule has 3 aromatic carbocycles.